The van der Waals surface area contributed by atoms with Crippen LogP contribution in [0.2, 0.25) is 0 Å². The maximum Gasteiger partial charge on any atom is 0.323 e. The van der Waals surface area contributed by atoms with E-state index in [2.05, 4.69) is 19.2 Å². The summed E-state index contributed by atoms with van der Waals surface area (Å²) in [7, 11) is 0. The molecule has 0 amide bonds. The number of hydrogen-bond donors (Lipinski definition) is 1. The van der Waals surface area contributed by atoms with Gasteiger partial charge < -0.3 is 14.8 Å². The molecule has 0 unspecified atom stereocenters. The molecule has 1 atom stereocenters. The van der Waals surface area contributed by atoms with Gasteiger partial charge in [-0.2, -0.15) is 0 Å². The number of halogens is 1. The third-order valence-corrected chi connectivity index (χ3v) is 4.40. The predicted molar refractivity (Wildman–Crippen MR) is 96.3 cm³/mol. The fourth-order valence-corrected chi connectivity index (χ4v) is 3.09. The van der Waals surface area contributed by atoms with Crippen molar-refractivity contribution in [1.82, 2.24) is 5.32 Å². The van der Waals surface area contributed by atoms with Crippen LogP contribution in [-0.2, 0) is 16.1 Å². The average molecular weight is 350 g/mol. The molecule has 0 aromatic heterocycles. The number of esters is 1. The lowest BCUT2D eigenvalue weighted by atomic mass is 10.0. The normalized spacial score (nSPS) is 16.2. The Morgan fingerprint density at radius 2 is 1.92 bits per heavy atom. The minimum Gasteiger partial charge on any atom is -0.491 e. The Balaban J connectivity index is 1.86. The van der Waals surface area contributed by atoms with Crippen LogP contribution in [0, 0.1) is 5.92 Å². The molecule has 4 nitrogen and oxygen atoms in total. The molecule has 0 aliphatic heterocycles. The molecule has 5 heteroatoms. The first kappa shape index (κ1) is 19.7. The second kappa shape index (κ2) is 10.4. The van der Waals surface area contributed by atoms with E-state index in [9.17, 15) is 9.18 Å². The smallest absolute Gasteiger partial charge is 0.323 e. The Morgan fingerprint density at radius 3 is 2.52 bits per heavy atom. The van der Waals surface area contributed by atoms with Gasteiger partial charge in [-0.25, -0.2) is 4.39 Å². The molecule has 0 radical (unpaired) electrons. The summed E-state index contributed by atoms with van der Waals surface area (Å²) in [6.45, 7) is 4.37. The van der Waals surface area contributed by atoms with Gasteiger partial charge in [0.25, 0.3) is 0 Å². The molecule has 0 saturated heterocycles. The molecule has 0 heterocycles. The van der Waals surface area contributed by atoms with Crippen molar-refractivity contribution in [1.29, 1.82) is 0 Å². The molecule has 1 aromatic rings. The van der Waals surface area contributed by atoms with Crippen LogP contribution < -0.4 is 10.1 Å². The molecule has 1 saturated carbocycles. The van der Waals surface area contributed by atoms with E-state index in [1.807, 2.05) is 24.3 Å². The van der Waals surface area contributed by atoms with Crippen molar-refractivity contribution in [3.05, 3.63) is 29.8 Å². The van der Waals surface area contributed by atoms with Gasteiger partial charge in [-0.05, 0) is 55.7 Å². The van der Waals surface area contributed by atoms with Gasteiger partial charge in [0.05, 0.1) is 0 Å². The van der Waals surface area contributed by atoms with Crippen LogP contribution >= 0.6 is 0 Å². The maximum atomic E-state index is 12.5. The van der Waals surface area contributed by atoms with Crippen LogP contribution in [0.15, 0.2) is 24.3 Å². The van der Waals surface area contributed by atoms with Crippen molar-refractivity contribution in [3.63, 3.8) is 0 Å². The second-order valence-corrected chi connectivity index (χ2v) is 7.09. The number of ether oxygens (including phenoxy) is 2. The van der Waals surface area contributed by atoms with Crippen LogP contribution in [0.3, 0.4) is 0 Å². The Morgan fingerprint density at radius 1 is 1.24 bits per heavy atom. The lowest BCUT2D eigenvalue weighted by Crippen LogP contribution is -2.40. The topological polar surface area (TPSA) is 47.6 Å². The molecule has 0 bridgehead atoms. The number of rotatable bonds is 10. The van der Waals surface area contributed by atoms with Crippen LogP contribution in [0.4, 0.5) is 4.39 Å². The highest BCUT2D eigenvalue weighted by molar-refractivity contribution is 5.76. The van der Waals surface area contributed by atoms with Gasteiger partial charge in [0.1, 0.15) is 31.2 Å². The Kier molecular flexibility index (Phi) is 8.19. The summed E-state index contributed by atoms with van der Waals surface area (Å²) in [5, 5.41) is 3.33. The van der Waals surface area contributed by atoms with Crippen molar-refractivity contribution < 1.29 is 18.7 Å². The third-order valence-electron chi connectivity index (χ3n) is 4.40. The molecule has 1 N–H and O–H groups in total. The van der Waals surface area contributed by atoms with Crippen molar-refractivity contribution >= 4 is 5.97 Å². The molecular weight excluding hydrogens is 320 g/mol. The van der Waals surface area contributed by atoms with Crippen molar-refractivity contribution in [2.75, 3.05) is 13.3 Å². The highest BCUT2D eigenvalue weighted by Gasteiger charge is 2.25. The lowest BCUT2D eigenvalue weighted by molar-refractivity contribution is -0.151. The SMILES string of the molecule is CC(C)C[C@H](NCc1ccc(OCC[18F])cc1)C(=O)OC1CCCC1. The quantitative estimate of drug-likeness (QED) is 0.647. The number of alkyl halides is 1. The molecule has 1 aliphatic carbocycles. The molecule has 1 fully saturated rings. The van der Waals surface area contributed by atoms with E-state index in [4.69, 9.17) is 9.47 Å². The molecule has 2 rings (SSSR count). The van der Waals surface area contributed by atoms with Crippen LogP contribution in [0.5, 0.6) is 5.75 Å². The van der Waals surface area contributed by atoms with Gasteiger partial charge >= 0.3 is 5.97 Å². The molecule has 25 heavy (non-hydrogen) atoms. The Hall–Kier alpha value is -1.62. The van der Waals surface area contributed by atoms with Gasteiger partial charge in [-0.15, -0.1) is 0 Å². The molecule has 1 aliphatic rings. The van der Waals surface area contributed by atoms with E-state index >= 15 is 0 Å². The average Bonchev–Trinajstić information content (AvgIpc) is 3.10. The summed E-state index contributed by atoms with van der Waals surface area (Å²) < 4.78 is 23.0. The Bertz CT molecular complexity index is 512. The van der Waals surface area contributed by atoms with E-state index in [0.717, 1.165) is 37.7 Å². The van der Waals surface area contributed by atoms with E-state index in [-0.39, 0.29) is 24.7 Å². The highest BCUT2D eigenvalue weighted by atomic mass is 18.2. The fraction of sp³-hybridized carbons (Fsp3) is 0.650. The van der Waals surface area contributed by atoms with Crippen molar-refractivity contribution in [3.8, 4) is 5.75 Å². The van der Waals surface area contributed by atoms with Gasteiger partial charge in [-0.3, -0.25) is 4.79 Å². The van der Waals surface area contributed by atoms with Crippen LogP contribution in [-0.4, -0.2) is 31.4 Å². The first-order chi connectivity index (χ1) is 12.1. The van der Waals surface area contributed by atoms with E-state index < -0.39 is 6.67 Å². The first-order valence-corrected chi connectivity index (χ1v) is 9.30. The fourth-order valence-electron chi connectivity index (χ4n) is 3.09. The summed E-state index contributed by atoms with van der Waals surface area (Å²) in [4.78, 5) is 12.5. The van der Waals surface area contributed by atoms with Crippen LogP contribution in [0.1, 0.15) is 51.5 Å². The zero-order valence-electron chi connectivity index (χ0n) is 15.3. The second-order valence-electron chi connectivity index (χ2n) is 7.09. The predicted octanol–water partition coefficient (Wildman–Crippen LogP) is 4.03. The molecule has 1 aromatic carbocycles. The standard InChI is InChI=1S/C20H30FNO3/c1-15(2)13-19(20(23)25-18-5-3-4-6-18)22-14-16-7-9-17(10-8-16)24-12-11-21/h7-10,15,18-19,22H,3-6,11-14H2,1-2H3/t19-/m0/s1/i21-1. The summed E-state index contributed by atoms with van der Waals surface area (Å²) in [6.07, 6.45) is 5.12. The number of carbonyl (C=O) groups is 1. The number of hydrogen-bond acceptors (Lipinski definition) is 4. The van der Waals surface area contributed by atoms with E-state index in [1.54, 1.807) is 0 Å². The minimum atomic E-state index is -0.497. The van der Waals surface area contributed by atoms with Gasteiger partial charge in [0, 0.05) is 6.54 Å². The number of benzene rings is 1. The number of carbonyl (C=O) groups excluding carboxylic acids is 1. The molecule has 140 valence electrons. The third kappa shape index (κ3) is 7.02. The maximum absolute atomic E-state index is 12.5. The van der Waals surface area contributed by atoms with Crippen molar-refractivity contribution in [2.24, 2.45) is 5.92 Å². The van der Waals surface area contributed by atoms with Crippen LogP contribution in [0.25, 0.3) is 0 Å². The number of nitrogens with one attached hydrogen (secondary N) is 1. The molecule has 0 spiro atoms. The minimum absolute atomic E-state index is 0.0705. The van der Waals surface area contributed by atoms with Gasteiger partial charge in [-0.1, -0.05) is 26.0 Å². The summed E-state index contributed by atoms with van der Waals surface area (Å²) in [6, 6.07) is 7.20. The zero-order chi connectivity index (χ0) is 18.1. The first-order valence-electron chi connectivity index (χ1n) is 9.30. The monoisotopic (exact) mass is 350 g/mol. The summed E-state index contributed by atoms with van der Waals surface area (Å²) in [5.74, 6) is 0.925. The largest absolute Gasteiger partial charge is 0.491 e. The van der Waals surface area contributed by atoms with E-state index in [1.165, 1.54) is 0 Å². The van der Waals surface area contributed by atoms with Gasteiger partial charge in [0.15, 0.2) is 0 Å². The molecular formula is C20H30FNO3. The highest BCUT2D eigenvalue weighted by Crippen LogP contribution is 2.22. The summed E-state index contributed by atoms with van der Waals surface area (Å²) >= 11 is 0. The lowest BCUT2D eigenvalue weighted by Gasteiger charge is -2.22. The van der Waals surface area contributed by atoms with Gasteiger partial charge in [0.2, 0.25) is 0 Å². The zero-order valence-corrected chi connectivity index (χ0v) is 15.3. The van der Waals surface area contributed by atoms with Crippen molar-refractivity contribution in [2.45, 2.75) is 64.6 Å². The summed E-state index contributed by atoms with van der Waals surface area (Å²) in [5.41, 5.74) is 1.05. The Labute approximate surface area is 150 Å². The van der Waals surface area contributed by atoms with E-state index in [0.29, 0.717) is 18.2 Å².